The number of hydrogen-bond acceptors (Lipinski definition) is 2. The summed E-state index contributed by atoms with van der Waals surface area (Å²) >= 11 is 1.67. The van der Waals surface area contributed by atoms with E-state index in [-0.39, 0.29) is 6.10 Å². The lowest BCUT2D eigenvalue weighted by Gasteiger charge is -2.08. The average Bonchev–Trinajstić information content (AvgIpc) is 2.95. The van der Waals surface area contributed by atoms with Gasteiger partial charge in [0.1, 0.15) is 0 Å². The first-order chi connectivity index (χ1) is 9.34. The molecule has 1 unspecified atom stereocenters. The highest BCUT2D eigenvalue weighted by Crippen LogP contribution is 2.22. The largest absolute Gasteiger partial charge is 0.388 e. The molecule has 1 N–H and O–H groups in total. The van der Waals surface area contributed by atoms with Gasteiger partial charge in [0, 0.05) is 0 Å². The van der Waals surface area contributed by atoms with Gasteiger partial charge in [0.2, 0.25) is 0 Å². The summed E-state index contributed by atoms with van der Waals surface area (Å²) in [6.45, 7) is 2.27. The van der Waals surface area contributed by atoms with E-state index < -0.39 is 0 Å². The molecule has 110 valence electrons. The highest BCUT2D eigenvalue weighted by atomic mass is 32.1. The maximum absolute atomic E-state index is 9.94. The Morgan fingerprint density at radius 1 is 0.947 bits per heavy atom. The van der Waals surface area contributed by atoms with E-state index in [0.29, 0.717) is 0 Å². The molecule has 1 aromatic rings. The highest BCUT2D eigenvalue weighted by molar-refractivity contribution is 7.07. The summed E-state index contributed by atoms with van der Waals surface area (Å²) in [5.41, 5.74) is 1.10. The molecule has 1 heterocycles. The Balaban J connectivity index is 1.83. The normalized spacial score (nSPS) is 12.7. The van der Waals surface area contributed by atoms with Crippen molar-refractivity contribution in [3.8, 4) is 0 Å². The minimum atomic E-state index is -0.236. The number of rotatable bonds is 12. The molecule has 0 spiro atoms. The van der Waals surface area contributed by atoms with E-state index in [1.54, 1.807) is 11.3 Å². The maximum atomic E-state index is 9.94. The van der Waals surface area contributed by atoms with Crippen molar-refractivity contribution in [3.05, 3.63) is 22.4 Å². The molecule has 1 rings (SSSR count). The van der Waals surface area contributed by atoms with E-state index in [4.69, 9.17) is 0 Å². The molecule has 1 nitrogen and oxygen atoms in total. The van der Waals surface area contributed by atoms with Crippen LogP contribution in [0.1, 0.15) is 89.2 Å². The molecule has 0 aromatic carbocycles. The summed E-state index contributed by atoms with van der Waals surface area (Å²) in [5.74, 6) is 0. The van der Waals surface area contributed by atoms with Crippen molar-refractivity contribution in [1.82, 2.24) is 0 Å². The summed E-state index contributed by atoms with van der Waals surface area (Å²) in [5, 5.41) is 14.0. The van der Waals surface area contributed by atoms with Crippen LogP contribution in [-0.2, 0) is 0 Å². The molecular formula is C17H30OS. The minimum Gasteiger partial charge on any atom is -0.388 e. The van der Waals surface area contributed by atoms with E-state index >= 15 is 0 Å². The number of aliphatic hydroxyl groups excluding tert-OH is 1. The zero-order valence-corrected chi connectivity index (χ0v) is 13.3. The first kappa shape index (κ1) is 16.7. The Hall–Kier alpha value is -0.340. The van der Waals surface area contributed by atoms with Crippen molar-refractivity contribution in [2.45, 2.75) is 83.7 Å². The first-order valence-electron chi connectivity index (χ1n) is 8.04. The molecule has 0 bridgehead atoms. The number of thiophene rings is 1. The lowest BCUT2D eigenvalue weighted by Crippen LogP contribution is -1.95. The Labute approximate surface area is 123 Å². The van der Waals surface area contributed by atoms with Crippen LogP contribution < -0.4 is 0 Å². The molecule has 19 heavy (non-hydrogen) atoms. The lowest BCUT2D eigenvalue weighted by atomic mass is 10.0. The zero-order valence-electron chi connectivity index (χ0n) is 12.4. The molecule has 0 amide bonds. The van der Waals surface area contributed by atoms with Gasteiger partial charge in [-0.1, -0.05) is 71.1 Å². The van der Waals surface area contributed by atoms with Crippen molar-refractivity contribution >= 4 is 11.3 Å². The van der Waals surface area contributed by atoms with Gasteiger partial charge < -0.3 is 5.11 Å². The molecule has 1 aromatic heterocycles. The second-order valence-electron chi connectivity index (χ2n) is 5.54. The first-order valence-corrected chi connectivity index (χ1v) is 8.99. The maximum Gasteiger partial charge on any atom is 0.0798 e. The van der Waals surface area contributed by atoms with Crippen LogP contribution in [0.3, 0.4) is 0 Å². The van der Waals surface area contributed by atoms with Crippen LogP contribution in [0.2, 0.25) is 0 Å². The summed E-state index contributed by atoms with van der Waals surface area (Å²) in [7, 11) is 0. The minimum absolute atomic E-state index is 0.236. The second kappa shape index (κ2) is 11.5. The zero-order chi connectivity index (χ0) is 13.8. The molecule has 1 atom stereocenters. The number of unbranched alkanes of at least 4 members (excludes halogenated alkanes) is 9. The fourth-order valence-electron chi connectivity index (χ4n) is 2.46. The number of aliphatic hydroxyl groups is 1. The smallest absolute Gasteiger partial charge is 0.0798 e. The average molecular weight is 282 g/mol. The van der Waals surface area contributed by atoms with Crippen LogP contribution in [0.4, 0.5) is 0 Å². The standard InChI is InChI=1S/C17H30OS/c1-2-3-4-5-6-7-8-9-10-11-12-17(18)16-13-14-19-15-16/h13-15,17-18H,2-12H2,1H3. The summed E-state index contributed by atoms with van der Waals surface area (Å²) in [4.78, 5) is 0. The molecule has 0 radical (unpaired) electrons. The van der Waals surface area contributed by atoms with E-state index in [9.17, 15) is 5.11 Å². The van der Waals surface area contributed by atoms with Crippen molar-refractivity contribution in [3.63, 3.8) is 0 Å². The van der Waals surface area contributed by atoms with Crippen LogP contribution in [-0.4, -0.2) is 5.11 Å². The summed E-state index contributed by atoms with van der Waals surface area (Å²) < 4.78 is 0. The van der Waals surface area contributed by atoms with Crippen LogP contribution >= 0.6 is 11.3 Å². The fourth-order valence-corrected chi connectivity index (χ4v) is 3.16. The summed E-state index contributed by atoms with van der Waals surface area (Å²) in [6.07, 6.45) is 14.2. The van der Waals surface area contributed by atoms with E-state index in [0.717, 1.165) is 18.4 Å². The van der Waals surface area contributed by atoms with Gasteiger partial charge in [-0.15, -0.1) is 0 Å². The molecule has 0 aliphatic heterocycles. The Morgan fingerprint density at radius 2 is 1.53 bits per heavy atom. The summed E-state index contributed by atoms with van der Waals surface area (Å²) in [6, 6.07) is 2.03. The molecule has 0 saturated carbocycles. The SMILES string of the molecule is CCCCCCCCCCCCC(O)c1ccsc1. The Morgan fingerprint density at radius 3 is 2.05 bits per heavy atom. The monoisotopic (exact) mass is 282 g/mol. The Kier molecular flexibility index (Phi) is 10.1. The van der Waals surface area contributed by atoms with E-state index in [1.165, 1.54) is 57.8 Å². The lowest BCUT2D eigenvalue weighted by molar-refractivity contribution is 0.164. The van der Waals surface area contributed by atoms with Gasteiger partial charge in [0.15, 0.2) is 0 Å². The fraction of sp³-hybridized carbons (Fsp3) is 0.765. The van der Waals surface area contributed by atoms with E-state index in [2.05, 4.69) is 12.3 Å². The third kappa shape index (κ3) is 8.43. The van der Waals surface area contributed by atoms with Gasteiger partial charge in [0.25, 0.3) is 0 Å². The van der Waals surface area contributed by atoms with Crippen LogP contribution in [0, 0.1) is 0 Å². The molecule has 2 heteroatoms. The third-order valence-corrected chi connectivity index (χ3v) is 4.46. The molecule has 0 aliphatic carbocycles. The topological polar surface area (TPSA) is 20.2 Å². The predicted molar refractivity (Wildman–Crippen MR) is 85.7 cm³/mol. The molecule has 0 aliphatic rings. The third-order valence-electron chi connectivity index (χ3n) is 3.76. The van der Waals surface area contributed by atoms with Crippen molar-refractivity contribution in [1.29, 1.82) is 0 Å². The van der Waals surface area contributed by atoms with Gasteiger partial charge in [-0.3, -0.25) is 0 Å². The predicted octanol–water partition coefficient (Wildman–Crippen LogP) is 6.09. The quantitative estimate of drug-likeness (QED) is 0.460. The highest BCUT2D eigenvalue weighted by Gasteiger charge is 2.06. The molecule has 0 fully saturated rings. The van der Waals surface area contributed by atoms with Crippen LogP contribution in [0.25, 0.3) is 0 Å². The van der Waals surface area contributed by atoms with Crippen molar-refractivity contribution < 1.29 is 5.11 Å². The van der Waals surface area contributed by atoms with E-state index in [1.807, 2.05) is 11.4 Å². The van der Waals surface area contributed by atoms with Gasteiger partial charge in [-0.05, 0) is 28.8 Å². The van der Waals surface area contributed by atoms with Gasteiger partial charge in [-0.25, -0.2) is 0 Å². The van der Waals surface area contributed by atoms with Crippen LogP contribution in [0.5, 0.6) is 0 Å². The molecular weight excluding hydrogens is 252 g/mol. The van der Waals surface area contributed by atoms with Crippen LogP contribution in [0.15, 0.2) is 16.8 Å². The van der Waals surface area contributed by atoms with Gasteiger partial charge in [0.05, 0.1) is 6.10 Å². The number of hydrogen-bond donors (Lipinski definition) is 1. The van der Waals surface area contributed by atoms with Gasteiger partial charge >= 0.3 is 0 Å². The Bertz CT molecular complexity index is 281. The van der Waals surface area contributed by atoms with Crippen molar-refractivity contribution in [2.24, 2.45) is 0 Å². The van der Waals surface area contributed by atoms with Gasteiger partial charge in [-0.2, -0.15) is 11.3 Å². The second-order valence-corrected chi connectivity index (χ2v) is 6.32. The molecule has 0 saturated heterocycles. The van der Waals surface area contributed by atoms with Crippen molar-refractivity contribution in [2.75, 3.05) is 0 Å².